The molecule has 1 unspecified atom stereocenters. The van der Waals surface area contributed by atoms with E-state index in [0.29, 0.717) is 6.04 Å². The molecule has 1 heterocycles. The van der Waals surface area contributed by atoms with Gasteiger partial charge in [-0.2, -0.15) is 0 Å². The number of nitrogens with zero attached hydrogens (tertiary/aromatic N) is 1. The van der Waals surface area contributed by atoms with Crippen LogP contribution in [0.1, 0.15) is 13.8 Å². The fraction of sp³-hybridized carbons (Fsp3) is 1.00. The molecule has 0 radical (unpaired) electrons. The fourth-order valence-corrected chi connectivity index (χ4v) is 1.36. The lowest BCUT2D eigenvalue weighted by molar-refractivity contribution is 0.436. The summed E-state index contributed by atoms with van der Waals surface area (Å²) in [5, 5.41) is 0. The molecule has 1 rings (SSSR count). The second-order valence-electron chi connectivity index (χ2n) is 3.16. The number of hydrogen-bond donors (Lipinski definition) is 0. The molecule has 1 nitrogen and oxygen atoms in total. The first-order chi connectivity index (χ1) is 4.24. The molecule has 9 heavy (non-hydrogen) atoms. The van der Waals surface area contributed by atoms with Gasteiger partial charge in [0.15, 0.2) is 0 Å². The Bertz CT molecular complexity index is 92.9. The Hall–Kier alpha value is 0.250. The van der Waals surface area contributed by atoms with Gasteiger partial charge in [0.25, 0.3) is 0 Å². The lowest BCUT2D eigenvalue weighted by Gasteiger charge is -2.04. The van der Waals surface area contributed by atoms with Crippen molar-refractivity contribution in [2.45, 2.75) is 19.9 Å². The lowest BCUT2D eigenvalue weighted by Crippen LogP contribution is -2.10. The van der Waals surface area contributed by atoms with Gasteiger partial charge in [0.05, 0.1) is 0 Å². The zero-order valence-electron chi connectivity index (χ0n) is 6.10. The molecule has 0 amide bonds. The van der Waals surface area contributed by atoms with Crippen molar-refractivity contribution < 1.29 is 0 Å². The summed E-state index contributed by atoms with van der Waals surface area (Å²) in [6.45, 7) is 6.92. The van der Waals surface area contributed by atoms with E-state index < -0.39 is 0 Å². The maximum atomic E-state index is 5.64. The van der Waals surface area contributed by atoms with Crippen molar-refractivity contribution in [1.29, 1.82) is 0 Å². The van der Waals surface area contributed by atoms with Crippen molar-refractivity contribution in [2.75, 3.05) is 19.0 Å². The summed E-state index contributed by atoms with van der Waals surface area (Å²) in [5.74, 6) is 1.60. The van der Waals surface area contributed by atoms with Crippen LogP contribution in [0.2, 0.25) is 0 Å². The third-order valence-corrected chi connectivity index (χ3v) is 1.96. The highest BCUT2D eigenvalue weighted by molar-refractivity contribution is 6.18. The van der Waals surface area contributed by atoms with Gasteiger partial charge in [0.1, 0.15) is 0 Å². The van der Waals surface area contributed by atoms with Crippen molar-refractivity contribution >= 4 is 11.6 Å². The molecule has 2 heteroatoms. The van der Waals surface area contributed by atoms with Crippen molar-refractivity contribution in [3.8, 4) is 0 Å². The molecular weight excluding hydrogens is 134 g/mol. The second-order valence-corrected chi connectivity index (χ2v) is 3.46. The number of hydrogen-bond acceptors (Lipinski definition) is 1. The molecule has 0 aromatic carbocycles. The van der Waals surface area contributed by atoms with Crippen LogP contribution in [0.5, 0.6) is 0 Å². The van der Waals surface area contributed by atoms with Gasteiger partial charge in [-0.05, 0) is 5.92 Å². The Morgan fingerprint density at radius 1 is 1.67 bits per heavy atom. The van der Waals surface area contributed by atoms with Gasteiger partial charge in [-0.3, -0.25) is 4.90 Å². The Balaban J connectivity index is 2.05. The first kappa shape index (κ1) is 7.36. The topological polar surface area (TPSA) is 3.01 Å². The van der Waals surface area contributed by atoms with Crippen molar-refractivity contribution in [2.24, 2.45) is 5.92 Å². The van der Waals surface area contributed by atoms with Crippen LogP contribution in [-0.2, 0) is 0 Å². The normalized spacial score (nSPS) is 33.3. The Kier molecular flexibility index (Phi) is 2.36. The maximum absolute atomic E-state index is 5.64. The Labute approximate surface area is 62.0 Å². The smallest absolute Gasteiger partial charge is 0.0392 e. The van der Waals surface area contributed by atoms with E-state index in [4.69, 9.17) is 11.6 Å². The molecule has 1 aliphatic heterocycles. The molecule has 0 spiro atoms. The molecule has 1 saturated heterocycles. The van der Waals surface area contributed by atoms with Crippen LogP contribution in [-0.4, -0.2) is 29.9 Å². The van der Waals surface area contributed by atoms with Crippen LogP contribution in [0.4, 0.5) is 0 Å². The average molecular weight is 148 g/mol. The van der Waals surface area contributed by atoms with Gasteiger partial charge in [-0.25, -0.2) is 0 Å². The molecule has 54 valence electrons. The van der Waals surface area contributed by atoms with E-state index in [1.807, 2.05) is 0 Å². The molecule has 0 aromatic heterocycles. The summed E-state index contributed by atoms with van der Waals surface area (Å²) >= 11 is 5.64. The monoisotopic (exact) mass is 147 g/mol. The zero-order valence-corrected chi connectivity index (χ0v) is 6.86. The molecule has 0 saturated carbocycles. The van der Waals surface area contributed by atoms with E-state index in [1.165, 1.54) is 13.1 Å². The fourth-order valence-electron chi connectivity index (χ4n) is 1.06. The van der Waals surface area contributed by atoms with E-state index in [2.05, 4.69) is 18.7 Å². The minimum atomic E-state index is 0.703. The minimum Gasteiger partial charge on any atom is -0.296 e. The first-order valence-corrected chi connectivity index (χ1v) is 4.07. The average Bonchev–Trinajstić information content (AvgIpc) is 2.45. The van der Waals surface area contributed by atoms with Gasteiger partial charge in [0.2, 0.25) is 0 Å². The summed E-state index contributed by atoms with van der Waals surface area (Å²) in [7, 11) is 0. The SMILES string of the molecule is CC(C)CN1C[C@@H]1CCl. The zero-order chi connectivity index (χ0) is 6.85. The molecule has 2 atom stereocenters. The van der Waals surface area contributed by atoms with Crippen molar-refractivity contribution in [3.05, 3.63) is 0 Å². The molecule has 1 aliphatic rings. The van der Waals surface area contributed by atoms with Gasteiger partial charge >= 0.3 is 0 Å². The number of alkyl halides is 1. The van der Waals surface area contributed by atoms with E-state index >= 15 is 0 Å². The van der Waals surface area contributed by atoms with Gasteiger partial charge in [-0.1, -0.05) is 13.8 Å². The van der Waals surface area contributed by atoms with Gasteiger partial charge < -0.3 is 0 Å². The summed E-state index contributed by atoms with van der Waals surface area (Å²) < 4.78 is 0. The predicted molar refractivity (Wildman–Crippen MR) is 40.9 cm³/mol. The van der Waals surface area contributed by atoms with Crippen LogP contribution in [0.15, 0.2) is 0 Å². The Morgan fingerprint density at radius 3 is 2.67 bits per heavy atom. The van der Waals surface area contributed by atoms with Crippen molar-refractivity contribution in [1.82, 2.24) is 4.90 Å². The molecular formula is C7H14ClN. The quantitative estimate of drug-likeness (QED) is 0.433. The van der Waals surface area contributed by atoms with Crippen LogP contribution in [0.25, 0.3) is 0 Å². The van der Waals surface area contributed by atoms with Crippen LogP contribution in [0.3, 0.4) is 0 Å². The van der Waals surface area contributed by atoms with E-state index in [9.17, 15) is 0 Å². The predicted octanol–water partition coefficient (Wildman–Crippen LogP) is 1.57. The first-order valence-electron chi connectivity index (χ1n) is 3.54. The van der Waals surface area contributed by atoms with Gasteiger partial charge in [0, 0.05) is 25.0 Å². The third-order valence-electron chi connectivity index (χ3n) is 1.61. The van der Waals surface area contributed by atoms with Gasteiger partial charge in [-0.15, -0.1) is 11.6 Å². The van der Waals surface area contributed by atoms with Crippen LogP contribution in [0, 0.1) is 5.92 Å². The molecule has 0 N–H and O–H groups in total. The van der Waals surface area contributed by atoms with Crippen LogP contribution < -0.4 is 0 Å². The summed E-state index contributed by atoms with van der Waals surface area (Å²) in [6, 6.07) is 0.703. The standard InChI is InChI=1S/C7H14ClN/c1-6(2)4-9-5-7(9)3-8/h6-7H,3-5H2,1-2H3/t7-,9?/m0/s1. The maximum Gasteiger partial charge on any atom is 0.0392 e. The highest BCUT2D eigenvalue weighted by Gasteiger charge is 2.32. The molecule has 1 fully saturated rings. The Morgan fingerprint density at radius 2 is 2.33 bits per heavy atom. The molecule has 0 aliphatic carbocycles. The van der Waals surface area contributed by atoms with E-state index in [-0.39, 0.29) is 0 Å². The largest absolute Gasteiger partial charge is 0.296 e. The minimum absolute atomic E-state index is 0.703. The van der Waals surface area contributed by atoms with E-state index in [0.717, 1.165) is 11.8 Å². The number of halogens is 1. The summed E-state index contributed by atoms with van der Waals surface area (Å²) in [5.41, 5.74) is 0. The lowest BCUT2D eigenvalue weighted by atomic mass is 10.2. The summed E-state index contributed by atoms with van der Waals surface area (Å²) in [6.07, 6.45) is 0. The molecule has 0 bridgehead atoms. The number of rotatable bonds is 3. The van der Waals surface area contributed by atoms with E-state index in [1.54, 1.807) is 0 Å². The van der Waals surface area contributed by atoms with Crippen LogP contribution >= 0.6 is 11.6 Å². The van der Waals surface area contributed by atoms with Crippen molar-refractivity contribution in [3.63, 3.8) is 0 Å². The highest BCUT2D eigenvalue weighted by atomic mass is 35.5. The summed E-state index contributed by atoms with van der Waals surface area (Å²) in [4.78, 5) is 2.41. The highest BCUT2D eigenvalue weighted by Crippen LogP contribution is 2.19. The molecule has 0 aromatic rings. The third kappa shape index (κ3) is 2.15. The second kappa shape index (κ2) is 2.89.